The molecule has 0 unspecified atom stereocenters. The van der Waals surface area contributed by atoms with Gasteiger partial charge in [0.1, 0.15) is 5.75 Å². The molecular weight excluding hydrogens is 455 g/mol. The Morgan fingerprint density at radius 3 is 2.53 bits per heavy atom. The van der Waals surface area contributed by atoms with Gasteiger partial charge in [-0.2, -0.15) is 9.37 Å². The molecule has 0 saturated heterocycles. The van der Waals surface area contributed by atoms with Crippen molar-refractivity contribution in [3.05, 3.63) is 86.3 Å². The van der Waals surface area contributed by atoms with E-state index in [9.17, 15) is 22.8 Å². The quantitative estimate of drug-likeness (QED) is 0.310. The highest BCUT2D eigenvalue weighted by atomic mass is 19.2. The molecule has 9 nitrogen and oxygen atoms in total. The van der Waals surface area contributed by atoms with Gasteiger partial charge >= 0.3 is 11.7 Å². The molecule has 0 radical (unpaired) electrons. The molecule has 2 heterocycles. The van der Waals surface area contributed by atoms with E-state index in [2.05, 4.69) is 22.0 Å². The zero-order chi connectivity index (χ0) is 24.4. The summed E-state index contributed by atoms with van der Waals surface area (Å²) in [4.78, 5) is 34.8. The fourth-order valence-corrected chi connectivity index (χ4v) is 3.38. The maximum atomic E-state index is 13.7. The second kappa shape index (κ2) is 9.42. The lowest BCUT2D eigenvalue weighted by Crippen LogP contribution is -2.40. The first-order chi connectivity index (χ1) is 16.3. The Balaban J connectivity index is 1.90. The van der Waals surface area contributed by atoms with Gasteiger partial charge in [-0.1, -0.05) is 6.07 Å². The first-order valence-corrected chi connectivity index (χ1v) is 10.0. The number of imidazole rings is 1. The molecule has 0 saturated carbocycles. The van der Waals surface area contributed by atoms with Gasteiger partial charge in [0, 0.05) is 25.2 Å². The Morgan fingerprint density at radius 1 is 1.06 bits per heavy atom. The Hall–Kier alpha value is -4.08. The number of benzene rings is 1. The molecule has 4 rings (SSSR count). The number of fused-ring (bicyclic) bond motifs is 1. The zero-order valence-corrected chi connectivity index (χ0v) is 17.8. The molecule has 4 aromatic rings. The number of nitrogens with zero attached hydrogens (tertiary/aromatic N) is 4. The molecule has 34 heavy (non-hydrogen) atoms. The molecule has 2 N–H and O–H groups in total. The van der Waals surface area contributed by atoms with E-state index >= 15 is 0 Å². The Bertz CT molecular complexity index is 1460. The summed E-state index contributed by atoms with van der Waals surface area (Å²) in [7, 11) is 1.43. The maximum absolute atomic E-state index is 13.7. The molecular formula is C22H18F3N5O4. The third kappa shape index (κ3) is 4.39. The molecule has 0 spiro atoms. The van der Waals surface area contributed by atoms with Gasteiger partial charge in [0.05, 0.1) is 13.2 Å². The molecule has 2 aromatic heterocycles. The van der Waals surface area contributed by atoms with Crippen LogP contribution in [-0.2, 0) is 25.0 Å². The number of aromatic nitrogens is 4. The van der Waals surface area contributed by atoms with E-state index in [-0.39, 0.29) is 42.6 Å². The average Bonchev–Trinajstić information content (AvgIpc) is 3.16. The molecule has 176 valence electrons. The summed E-state index contributed by atoms with van der Waals surface area (Å²) < 4.78 is 49.5. The zero-order valence-electron chi connectivity index (χ0n) is 17.8. The van der Waals surface area contributed by atoms with Crippen LogP contribution in [0.1, 0.15) is 12.0 Å². The normalized spacial score (nSPS) is 11.1. The van der Waals surface area contributed by atoms with Crippen LogP contribution in [0.2, 0.25) is 0 Å². The Morgan fingerprint density at radius 2 is 1.85 bits per heavy atom. The summed E-state index contributed by atoms with van der Waals surface area (Å²) in [5, 5.41) is 0. The molecule has 0 atom stereocenters. The maximum Gasteiger partial charge on any atom is 0.332 e. The second-order valence-corrected chi connectivity index (χ2v) is 7.31. The lowest BCUT2D eigenvalue weighted by molar-refractivity contribution is 0.131. The van der Waals surface area contributed by atoms with Crippen LogP contribution in [0.3, 0.4) is 0 Å². The molecule has 0 fully saturated rings. The van der Waals surface area contributed by atoms with Crippen LogP contribution in [-0.4, -0.2) is 25.3 Å². The van der Waals surface area contributed by atoms with Crippen LogP contribution in [0.25, 0.3) is 11.2 Å². The molecule has 0 aliphatic heterocycles. The Labute approximate surface area is 190 Å². The van der Waals surface area contributed by atoms with Gasteiger partial charge in [0.15, 0.2) is 28.6 Å². The first-order valence-electron chi connectivity index (χ1n) is 10.0. The van der Waals surface area contributed by atoms with E-state index in [0.29, 0.717) is 12.0 Å². The Kier molecular flexibility index (Phi) is 6.40. The van der Waals surface area contributed by atoms with E-state index in [4.69, 9.17) is 10.6 Å². The highest BCUT2D eigenvalue weighted by Gasteiger charge is 2.22. The van der Waals surface area contributed by atoms with Crippen LogP contribution < -0.4 is 21.9 Å². The van der Waals surface area contributed by atoms with Crippen molar-refractivity contribution in [2.75, 3.05) is 6.61 Å². The van der Waals surface area contributed by atoms with Crippen molar-refractivity contribution in [3.63, 3.8) is 0 Å². The minimum Gasteiger partial charge on any atom is -0.425 e. The van der Waals surface area contributed by atoms with Crippen LogP contribution in [0.4, 0.5) is 13.2 Å². The van der Waals surface area contributed by atoms with Gasteiger partial charge in [-0.05, 0) is 36.8 Å². The summed E-state index contributed by atoms with van der Waals surface area (Å²) >= 11 is 0. The van der Waals surface area contributed by atoms with Crippen molar-refractivity contribution in [1.29, 1.82) is 0 Å². The monoisotopic (exact) mass is 473 g/mol. The number of halogens is 3. The van der Waals surface area contributed by atoms with Crippen LogP contribution in [0.15, 0.2) is 39.9 Å². The van der Waals surface area contributed by atoms with Gasteiger partial charge in [0.25, 0.3) is 5.56 Å². The van der Waals surface area contributed by atoms with Crippen molar-refractivity contribution in [1.82, 2.24) is 18.7 Å². The minimum absolute atomic E-state index is 0.00463. The van der Waals surface area contributed by atoms with Gasteiger partial charge < -0.3 is 9.57 Å². The molecule has 0 aliphatic carbocycles. The lowest BCUT2D eigenvalue weighted by atomic mass is 10.2. The smallest absolute Gasteiger partial charge is 0.332 e. The van der Waals surface area contributed by atoms with Gasteiger partial charge in [-0.15, -0.1) is 0 Å². The third-order valence-corrected chi connectivity index (χ3v) is 5.04. The molecule has 2 aromatic carbocycles. The van der Waals surface area contributed by atoms with Crippen molar-refractivity contribution in [3.8, 4) is 11.8 Å². The summed E-state index contributed by atoms with van der Waals surface area (Å²) in [6, 6.07) is 10.2. The molecule has 12 heteroatoms. The van der Waals surface area contributed by atoms with E-state index in [1.807, 2.05) is 0 Å². The summed E-state index contributed by atoms with van der Waals surface area (Å²) in [6.45, 7) is 0.0864. The topological polar surface area (TPSA) is 106 Å². The van der Waals surface area contributed by atoms with Gasteiger partial charge in [-0.25, -0.2) is 19.5 Å². The fraction of sp³-hybridized carbons (Fsp3) is 0.227. The lowest BCUT2D eigenvalue weighted by Gasteiger charge is -2.11. The predicted molar refractivity (Wildman–Crippen MR) is 114 cm³/mol. The standard InChI is InChI=1S/C22H18F3N5O4/c1-28-19-18(20(31)29(22(28)32)9-2-10-33-26)30(12-13-3-5-14(23)6-4-13)21(27-19)34-15-7-8-16(24)17(25)11-15/h3,5,7-8,11H,2,9-10,12,26H2,1H3. The van der Waals surface area contributed by atoms with Crippen molar-refractivity contribution in [2.45, 2.75) is 19.5 Å². The summed E-state index contributed by atoms with van der Waals surface area (Å²) in [5.41, 5.74) is -0.850. The fourth-order valence-electron chi connectivity index (χ4n) is 3.38. The van der Waals surface area contributed by atoms with Crippen LogP contribution in [0, 0.1) is 29.6 Å². The van der Waals surface area contributed by atoms with E-state index in [1.165, 1.54) is 29.8 Å². The first kappa shape index (κ1) is 23.1. The summed E-state index contributed by atoms with van der Waals surface area (Å²) in [5.74, 6) is 2.11. The van der Waals surface area contributed by atoms with E-state index < -0.39 is 28.7 Å². The predicted octanol–water partition coefficient (Wildman–Crippen LogP) is 2.04. The molecule has 0 aliphatic rings. The number of hydrogen-bond donors (Lipinski definition) is 1. The highest BCUT2D eigenvalue weighted by molar-refractivity contribution is 5.72. The number of nitrogens with two attached hydrogens (primary N) is 1. The van der Waals surface area contributed by atoms with Crippen molar-refractivity contribution < 1.29 is 22.7 Å². The van der Waals surface area contributed by atoms with Crippen LogP contribution >= 0.6 is 0 Å². The number of ether oxygens (including phenoxy) is 1. The van der Waals surface area contributed by atoms with E-state index in [1.54, 1.807) is 0 Å². The molecule has 0 amide bonds. The third-order valence-electron chi connectivity index (χ3n) is 5.04. The SMILES string of the molecule is Cn1c(=O)n(CCCON)c(=O)c2c1nc(Oc1ccc(F)c(F)c1)n2Cc1c#cc(F)cc1. The molecule has 0 bridgehead atoms. The average molecular weight is 473 g/mol. The van der Waals surface area contributed by atoms with Gasteiger partial charge in [-0.3, -0.25) is 18.5 Å². The number of hydrogen-bond acceptors (Lipinski definition) is 6. The number of aryl methyl sites for hydroxylation is 1. The second-order valence-electron chi connectivity index (χ2n) is 7.31. The van der Waals surface area contributed by atoms with E-state index in [0.717, 1.165) is 21.3 Å². The summed E-state index contributed by atoms with van der Waals surface area (Å²) in [6.07, 6.45) is 0.296. The number of rotatable bonds is 8. The van der Waals surface area contributed by atoms with Crippen molar-refractivity contribution in [2.24, 2.45) is 12.9 Å². The minimum atomic E-state index is -1.14. The van der Waals surface area contributed by atoms with Gasteiger partial charge in [0.2, 0.25) is 0 Å². The van der Waals surface area contributed by atoms with Crippen LogP contribution in [0.5, 0.6) is 11.8 Å². The largest absolute Gasteiger partial charge is 0.425 e. The van der Waals surface area contributed by atoms with Crippen molar-refractivity contribution >= 4 is 11.2 Å². The highest BCUT2D eigenvalue weighted by Crippen LogP contribution is 2.26.